The summed E-state index contributed by atoms with van der Waals surface area (Å²) in [4.78, 5) is 11.9. The van der Waals surface area contributed by atoms with Crippen molar-refractivity contribution in [2.75, 3.05) is 26.9 Å². The van der Waals surface area contributed by atoms with Crippen molar-refractivity contribution in [3.05, 3.63) is 23.8 Å². The van der Waals surface area contributed by atoms with Gasteiger partial charge in [-0.05, 0) is 43.9 Å². The van der Waals surface area contributed by atoms with Crippen molar-refractivity contribution in [2.24, 2.45) is 0 Å². The molecular formula is C18H28O5. The summed E-state index contributed by atoms with van der Waals surface area (Å²) in [7, 11) is 1.69. The first kappa shape index (κ1) is 19.3. The molecule has 0 aliphatic heterocycles. The van der Waals surface area contributed by atoms with Crippen LogP contribution >= 0.6 is 0 Å². The summed E-state index contributed by atoms with van der Waals surface area (Å²) in [5.74, 6) is -0.0550. The summed E-state index contributed by atoms with van der Waals surface area (Å²) < 4.78 is 15.6. The molecule has 0 atom stereocenters. The van der Waals surface area contributed by atoms with Gasteiger partial charge in [0.2, 0.25) is 0 Å². The van der Waals surface area contributed by atoms with Crippen molar-refractivity contribution in [3.8, 4) is 11.5 Å². The van der Waals surface area contributed by atoms with E-state index >= 15 is 0 Å². The van der Waals surface area contributed by atoms with Gasteiger partial charge >= 0.3 is 5.97 Å². The third-order valence-electron chi connectivity index (χ3n) is 3.43. The molecule has 0 heterocycles. The number of methoxy groups -OCH3 is 1. The number of ether oxygens (including phenoxy) is 3. The molecule has 0 radical (unpaired) electrons. The van der Waals surface area contributed by atoms with Crippen molar-refractivity contribution in [1.29, 1.82) is 0 Å². The minimum absolute atomic E-state index is 0.0323. The maximum absolute atomic E-state index is 11.9. The largest absolute Gasteiger partial charge is 0.504 e. The number of carbonyl (C=O) groups is 1. The van der Waals surface area contributed by atoms with Crippen LogP contribution in [0.1, 0.15) is 55.8 Å². The molecule has 0 bridgehead atoms. The Kier molecular flexibility index (Phi) is 9.87. The van der Waals surface area contributed by atoms with E-state index in [9.17, 15) is 9.90 Å². The third kappa shape index (κ3) is 7.88. The second-order valence-corrected chi connectivity index (χ2v) is 5.43. The van der Waals surface area contributed by atoms with Gasteiger partial charge in [0.1, 0.15) is 0 Å². The molecule has 1 N–H and O–H groups in total. The van der Waals surface area contributed by atoms with E-state index in [0.29, 0.717) is 24.5 Å². The Morgan fingerprint density at radius 2 is 1.78 bits per heavy atom. The Morgan fingerprint density at radius 3 is 2.43 bits per heavy atom. The summed E-state index contributed by atoms with van der Waals surface area (Å²) in [6.07, 6.45) is 5.88. The normalized spacial score (nSPS) is 10.5. The van der Waals surface area contributed by atoms with Gasteiger partial charge in [-0.15, -0.1) is 0 Å². The van der Waals surface area contributed by atoms with E-state index < -0.39 is 5.97 Å². The molecule has 0 amide bonds. The first-order valence-electron chi connectivity index (χ1n) is 8.31. The fourth-order valence-electron chi connectivity index (χ4n) is 2.04. The van der Waals surface area contributed by atoms with Crippen molar-refractivity contribution >= 4 is 5.97 Å². The molecule has 5 heteroatoms. The van der Waals surface area contributed by atoms with Crippen LogP contribution in [0, 0.1) is 0 Å². The minimum atomic E-state index is -0.419. The topological polar surface area (TPSA) is 65.0 Å². The van der Waals surface area contributed by atoms with Gasteiger partial charge in [0, 0.05) is 13.7 Å². The number of rotatable bonds is 12. The Morgan fingerprint density at radius 1 is 1.04 bits per heavy atom. The van der Waals surface area contributed by atoms with Gasteiger partial charge in [0.05, 0.1) is 18.8 Å². The van der Waals surface area contributed by atoms with Crippen LogP contribution < -0.4 is 4.74 Å². The smallest absolute Gasteiger partial charge is 0.338 e. The van der Waals surface area contributed by atoms with Crippen LogP contribution in [0.5, 0.6) is 11.5 Å². The lowest BCUT2D eigenvalue weighted by atomic mass is 10.2. The number of unbranched alkanes of at least 4 members (excludes halogenated alkanes) is 4. The predicted octanol–water partition coefficient (Wildman–Crippen LogP) is 3.93. The van der Waals surface area contributed by atoms with Gasteiger partial charge in [-0.1, -0.05) is 19.8 Å². The van der Waals surface area contributed by atoms with E-state index in [1.807, 2.05) is 0 Å². The minimum Gasteiger partial charge on any atom is -0.504 e. The average Bonchev–Trinajstić information content (AvgIpc) is 2.55. The number of hydrogen-bond donors (Lipinski definition) is 1. The van der Waals surface area contributed by atoms with Crippen LogP contribution in [0.25, 0.3) is 0 Å². The van der Waals surface area contributed by atoms with Crippen LogP contribution in [0.2, 0.25) is 0 Å². The fourth-order valence-corrected chi connectivity index (χ4v) is 2.04. The molecule has 1 aromatic rings. The van der Waals surface area contributed by atoms with Crippen LogP contribution in [0.4, 0.5) is 0 Å². The lowest BCUT2D eigenvalue weighted by molar-refractivity contribution is 0.0496. The molecule has 0 saturated carbocycles. The lowest BCUT2D eigenvalue weighted by Crippen LogP contribution is -2.07. The summed E-state index contributed by atoms with van der Waals surface area (Å²) in [5, 5.41) is 9.89. The standard InChI is InChI=1S/C18H28O5/c1-3-4-12-22-17-10-9-15(14-16(17)19)18(20)23-13-8-6-5-7-11-21-2/h9-10,14,19H,3-8,11-13H2,1-2H3. The zero-order chi connectivity index (χ0) is 16.9. The van der Waals surface area contributed by atoms with E-state index in [4.69, 9.17) is 14.2 Å². The molecule has 0 unspecified atom stereocenters. The molecule has 130 valence electrons. The number of carbonyl (C=O) groups excluding carboxylic acids is 1. The van der Waals surface area contributed by atoms with Gasteiger partial charge in [0.25, 0.3) is 0 Å². The van der Waals surface area contributed by atoms with Gasteiger partial charge in [-0.3, -0.25) is 0 Å². The molecule has 5 nitrogen and oxygen atoms in total. The predicted molar refractivity (Wildman–Crippen MR) is 89.1 cm³/mol. The fraction of sp³-hybridized carbons (Fsp3) is 0.611. The maximum atomic E-state index is 11.9. The number of hydrogen-bond acceptors (Lipinski definition) is 5. The third-order valence-corrected chi connectivity index (χ3v) is 3.43. The van der Waals surface area contributed by atoms with E-state index in [0.717, 1.165) is 45.1 Å². The van der Waals surface area contributed by atoms with Crippen molar-refractivity contribution in [1.82, 2.24) is 0 Å². The van der Waals surface area contributed by atoms with E-state index in [-0.39, 0.29) is 5.75 Å². The van der Waals surface area contributed by atoms with E-state index in [2.05, 4.69) is 6.92 Å². The van der Waals surface area contributed by atoms with E-state index in [1.165, 1.54) is 6.07 Å². The molecule has 0 saturated heterocycles. The van der Waals surface area contributed by atoms with Crippen LogP contribution in [0.3, 0.4) is 0 Å². The number of phenolic OH excluding ortho intramolecular Hbond substituents is 1. The average molecular weight is 324 g/mol. The molecule has 1 rings (SSSR count). The highest BCUT2D eigenvalue weighted by Crippen LogP contribution is 2.27. The highest BCUT2D eigenvalue weighted by atomic mass is 16.5. The van der Waals surface area contributed by atoms with Crippen LogP contribution in [0.15, 0.2) is 18.2 Å². The summed E-state index contributed by atoms with van der Waals surface area (Å²) >= 11 is 0. The number of benzene rings is 1. The Hall–Kier alpha value is -1.75. The first-order valence-corrected chi connectivity index (χ1v) is 8.31. The highest BCUT2D eigenvalue weighted by Gasteiger charge is 2.11. The highest BCUT2D eigenvalue weighted by molar-refractivity contribution is 5.90. The second kappa shape index (κ2) is 11.8. The second-order valence-electron chi connectivity index (χ2n) is 5.43. The number of phenols is 1. The molecule has 0 aliphatic carbocycles. The molecule has 0 aromatic heterocycles. The molecular weight excluding hydrogens is 296 g/mol. The molecule has 1 aromatic carbocycles. The van der Waals surface area contributed by atoms with Gasteiger partial charge in [-0.2, -0.15) is 0 Å². The summed E-state index contributed by atoms with van der Waals surface area (Å²) in [6.45, 7) is 3.78. The SMILES string of the molecule is CCCCOc1ccc(C(=O)OCCCCCCOC)cc1O. The van der Waals surface area contributed by atoms with Gasteiger partial charge in [0.15, 0.2) is 11.5 Å². The van der Waals surface area contributed by atoms with Gasteiger partial charge in [-0.25, -0.2) is 4.79 Å². The Balaban J connectivity index is 2.31. The lowest BCUT2D eigenvalue weighted by Gasteiger charge is -2.09. The molecule has 23 heavy (non-hydrogen) atoms. The zero-order valence-electron chi connectivity index (χ0n) is 14.2. The van der Waals surface area contributed by atoms with Crippen LogP contribution in [-0.2, 0) is 9.47 Å². The number of esters is 1. The van der Waals surface area contributed by atoms with Crippen molar-refractivity contribution in [2.45, 2.75) is 45.4 Å². The zero-order valence-corrected chi connectivity index (χ0v) is 14.2. The summed E-state index contributed by atoms with van der Waals surface area (Å²) in [6, 6.07) is 4.61. The number of aromatic hydroxyl groups is 1. The monoisotopic (exact) mass is 324 g/mol. The Labute approximate surface area is 138 Å². The maximum Gasteiger partial charge on any atom is 0.338 e. The summed E-state index contributed by atoms with van der Waals surface area (Å²) in [5.41, 5.74) is 0.338. The van der Waals surface area contributed by atoms with Crippen molar-refractivity contribution in [3.63, 3.8) is 0 Å². The van der Waals surface area contributed by atoms with Crippen LogP contribution in [-0.4, -0.2) is 38.0 Å². The molecule has 0 spiro atoms. The first-order chi connectivity index (χ1) is 11.2. The molecule has 0 aliphatic rings. The van der Waals surface area contributed by atoms with Gasteiger partial charge < -0.3 is 19.3 Å². The molecule has 0 fully saturated rings. The quantitative estimate of drug-likeness (QED) is 0.466. The van der Waals surface area contributed by atoms with E-state index in [1.54, 1.807) is 19.2 Å². The van der Waals surface area contributed by atoms with Crippen molar-refractivity contribution < 1.29 is 24.1 Å². The Bertz CT molecular complexity index is 459.